The molecule has 0 saturated heterocycles. The molecule has 2 aromatic carbocycles. The van der Waals surface area contributed by atoms with Gasteiger partial charge in [0.25, 0.3) is 0 Å². The van der Waals surface area contributed by atoms with Crippen LogP contribution in [0.2, 0.25) is 0 Å². The van der Waals surface area contributed by atoms with Crippen LogP contribution in [0.5, 0.6) is 11.5 Å². The third-order valence-electron chi connectivity index (χ3n) is 16.7. The van der Waals surface area contributed by atoms with Gasteiger partial charge in [0.05, 0.1) is 12.7 Å². The van der Waals surface area contributed by atoms with Crippen LogP contribution in [0.1, 0.15) is 143 Å². The molecule has 9 atom stereocenters. The number of nitrogens with one attached hydrogen (secondary N) is 2. The summed E-state index contributed by atoms with van der Waals surface area (Å²) in [4.78, 5) is 0. The zero-order valence-corrected chi connectivity index (χ0v) is 41.9. The Morgan fingerprint density at radius 2 is 1.12 bits per heavy atom. The fourth-order valence-corrected chi connectivity index (χ4v) is 13.1. The van der Waals surface area contributed by atoms with E-state index in [-0.39, 0.29) is 0 Å². The van der Waals surface area contributed by atoms with Crippen LogP contribution in [-0.2, 0) is 18.9 Å². The predicted molar refractivity (Wildman–Crippen MR) is 272 cm³/mol. The van der Waals surface area contributed by atoms with Crippen LogP contribution in [0.25, 0.3) is 0 Å². The molecule has 2 aromatic rings. The van der Waals surface area contributed by atoms with Gasteiger partial charge in [-0.1, -0.05) is 32.9 Å². The summed E-state index contributed by atoms with van der Waals surface area (Å²) < 4.78 is 35.9. The summed E-state index contributed by atoms with van der Waals surface area (Å²) in [7, 11) is 0. The lowest BCUT2D eigenvalue weighted by atomic mass is 9.44. The molecule has 66 heavy (non-hydrogen) atoms. The number of anilines is 2. The van der Waals surface area contributed by atoms with Crippen molar-refractivity contribution in [2.24, 2.45) is 57.8 Å². The molecule has 6 N–H and O–H groups in total. The van der Waals surface area contributed by atoms with Gasteiger partial charge in [-0.15, -0.1) is 0 Å². The molecule has 0 aliphatic heterocycles. The highest BCUT2D eigenvalue weighted by molar-refractivity contribution is 5.49. The maximum Gasteiger partial charge on any atom is 0.121 e. The first-order valence-corrected chi connectivity index (χ1v) is 27.0. The molecule has 0 radical (unpaired) electrons. The van der Waals surface area contributed by atoms with Crippen molar-refractivity contribution >= 4 is 11.4 Å². The second-order valence-electron chi connectivity index (χ2n) is 21.1. The number of ether oxygens (including phenoxy) is 6. The van der Waals surface area contributed by atoms with E-state index in [2.05, 4.69) is 79.9 Å². The number of hydrogen-bond donors (Lipinski definition) is 4. The van der Waals surface area contributed by atoms with E-state index in [9.17, 15) is 0 Å². The molecule has 0 spiro atoms. The molecule has 4 fully saturated rings. The summed E-state index contributed by atoms with van der Waals surface area (Å²) in [6.45, 7) is 18.2. The Labute approximate surface area is 401 Å². The third-order valence-corrected chi connectivity index (χ3v) is 16.7. The number of rotatable bonds is 34. The average molecular weight is 919 g/mol. The second kappa shape index (κ2) is 28.8. The maximum absolute atomic E-state index is 6.78. The van der Waals surface area contributed by atoms with Crippen LogP contribution in [0, 0.1) is 46.3 Å². The molecule has 4 aliphatic carbocycles. The maximum atomic E-state index is 6.78. The van der Waals surface area contributed by atoms with Crippen molar-refractivity contribution in [2.45, 2.75) is 149 Å². The highest BCUT2D eigenvalue weighted by atomic mass is 16.5. The van der Waals surface area contributed by atoms with Crippen molar-refractivity contribution in [3.05, 3.63) is 48.5 Å². The minimum atomic E-state index is 0.318. The van der Waals surface area contributed by atoms with Crippen LogP contribution in [0.15, 0.2) is 48.5 Å². The van der Waals surface area contributed by atoms with E-state index in [1.807, 2.05) is 0 Å². The smallest absolute Gasteiger partial charge is 0.121 e. The third kappa shape index (κ3) is 16.0. The minimum Gasteiger partial charge on any atom is -0.494 e. The van der Waals surface area contributed by atoms with Crippen LogP contribution < -0.4 is 31.6 Å². The number of hydrogen-bond acceptors (Lipinski definition) is 10. The first-order valence-electron chi connectivity index (χ1n) is 27.0. The van der Waals surface area contributed by atoms with Gasteiger partial charge in [-0.2, -0.15) is 0 Å². The molecule has 4 saturated carbocycles. The van der Waals surface area contributed by atoms with Crippen LogP contribution in [0.3, 0.4) is 0 Å². The lowest BCUT2D eigenvalue weighted by Gasteiger charge is -2.61. The highest BCUT2D eigenvalue weighted by Gasteiger charge is 2.60. The van der Waals surface area contributed by atoms with E-state index < -0.39 is 0 Å². The normalized spacial score (nSPS) is 27.4. The first-order chi connectivity index (χ1) is 32.3. The summed E-state index contributed by atoms with van der Waals surface area (Å²) >= 11 is 0. The molecule has 0 bridgehead atoms. The molecule has 2 unspecified atom stereocenters. The summed E-state index contributed by atoms with van der Waals surface area (Å²) in [6.07, 6.45) is 22.9. The van der Waals surface area contributed by atoms with Gasteiger partial charge < -0.3 is 50.5 Å². The zero-order valence-electron chi connectivity index (χ0n) is 41.9. The molecule has 10 nitrogen and oxygen atoms in total. The van der Waals surface area contributed by atoms with Crippen molar-refractivity contribution < 1.29 is 28.4 Å². The largest absolute Gasteiger partial charge is 0.494 e. The molecule has 0 heterocycles. The Morgan fingerprint density at radius 1 is 0.576 bits per heavy atom. The molecule has 0 amide bonds. The van der Waals surface area contributed by atoms with Crippen molar-refractivity contribution in [3.8, 4) is 11.5 Å². The molecular formula is C56H94N4O6. The first kappa shape index (κ1) is 52.8. The lowest BCUT2D eigenvalue weighted by Crippen LogP contribution is -2.54. The average Bonchev–Trinajstić information content (AvgIpc) is 3.69. The van der Waals surface area contributed by atoms with Crippen molar-refractivity contribution in [2.75, 3.05) is 96.3 Å². The highest BCUT2D eigenvalue weighted by Crippen LogP contribution is 2.68. The van der Waals surface area contributed by atoms with Gasteiger partial charge in [0.1, 0.15) is 11.5 Å². The fraction of sp³-hybridized carbons (Fsp3) is 0.786. The topological polar surface area (TPSA) is 131 Å². The van der Waals surface area contributed by atoms with Crippen LogP contribution >= 0.6 is 0 Å². The van der Waals surface area contributed by atoms with Crippen molar-refractivity contribution in [3.63, 3.8) is 0 Å². The zero-order chi connectivity index (χ0) is 46.3. The van der Waals surface area contributed by atoms with Crippen molar-refractivity contribution in [1.82, 2.24) is 0 Å². The fourth-order valence-electron chi connectivity index (χ4n) is 13.1. The van der Waals surface area contributed by atoms with Gasteiger partial charge in [-0.25, -0.2) is 0 Å². The van der Waals surface area contributed by atoms with E-state index >= 15 is 0 Å². The number of benzene rings is 2. The van der Waals surface area contributed by atoms with Crippen molar-refractivity contribution in [1.29, 1.82) is 0 Å². The van der Waals surface area contributed by atoms with Gasteiger partial charge >= 0.3 is 0 Å². The van der Waals surface area contributed by atoms with Crippen LogP contribution in [0.4, 0.5) is 11.4 Å². The standard InChI is InChI=1S/C56H94N4O6/c1-44(15-10-40-65-48-18-8-16-46(42-48)59-30-13-38-63-34-6-4-32-61-36-11-28-57)52-22-23-53-51-21-20-45-41-50(24-26-55(45,2)54(51)25-27-56(52,53)3)66-49-19-9-17-47(43-49)60-31-14-39-64-35-7-5-33-62-37-12-29-58/h8-9,16-19,42-45,50-54,59-60H,4-7,10-15,20-41,57-58H2,1-3H3/t44-,45?,50?,51+,52-,53+,54+,55+,56-/m1/s1. The van der Waals surface area contributed by atoms with Gasteiger partial charge in [0, 0.05) is 89.5 Å². The van der Waals surface area contributed by atoms with E-state index in [0.717, 1.165) is 189 Å². The lowest BCUT2D eigenvalue weighted by molar-refractivity contribution is -0.126. The summed E-state index contributed by atoms with van der Waals surface area (Å²) in [6, 6.07) is 17.1. The van der Waals surface area contributed by atoms with E-state index in [1.165, 1.54) is 64.2 Å². The Bertz CT molecular complexity index is 1620. The Kier molecular flexibility index (Phi) is 23.0. The molecule has 0 aromatic heterocycles. The summed E-state index contributed by atoms with van der Waals surface area (Å²) in [5.74, 6) is 7.00. The number of nitrogens with two attached hydrogens (primary N) is 2. The minimum absolute atomic E-state index is 0.318. The summed E-state index contributed by atoms with van der Waals surface area (Å²) in [5, 5.41) is 7.15. The monoisotopic (exact) mass is 919 g/mol. The second-order valence-corrected chi connectivity index (χ2v) is 21.1. The Morgan fingerprint density at radius 3 is 1.74 bits per heavy atom. The molecule has 6 rings (SSSR count). The van der Waals surface area contributed by atoms with Gasteiger partial charge in [-0.3, -0.25) is 0 Å². The molecule has 10 heteroatoms. The SMILES string of the molecule is C[C@H](CCCOc1cccc(NCCCOCCCCOCCCN)c1)[C@H]1CC[C@H]2[C@@H]3CCC4CC(Oc5cccc(NCCCOCCCCOCCCN)c5)CC[C@]4(C)[C@H]3CC[C@]12C. The molecule has 4 aliphatic rings. The van der Waals surface area contributed by atoms with Gasteiger partial charge in [0.2, 0.25) is 0 Å². The van der Waals surface area contributed by atoms with Crippen LogP contribution in [-0.4, -0.2) is 91.7 Å². The predicted octanol–water partition coefficient (Wildman–Crippen LogP) is 11.5. The van der Waals surface area contributed by atoms with E-state index in [0.29, 0.717) is 30.0 Å². The number of fused-ring (bicyclic) bond motifs is 5. The van der Waals surface area contributed by atoms with Gasteiger partial charge in [0.15, 0.2) is 0 Å². The Balaban J connectivity index is 0.848. The Hall–Kier alpha value is -2.60. The molecule has 374 valence electrons. The summed E-state index contributed by atoms with van der Waals surface area (Å²) in [5.41, 5.74) is 14.2. The number of unbranched alkanes of at least 4 members (excludes halogenated alkanes) is 2. The quantitative estimate of drug-likeness (QED) is 0.0503. The van der Waals surface area contributed by atoms with E-state index in [1.54, 1.807) is 0 Å². The van der Waals surface area contributed by atoms with Gasteiger partial charge in [-0.05, 0) is 206 Å². The molecular weight excluding hydrogens is 825 g/mol. The van der Waals surface area contributed by atoms with E-state index in [4.69, 9.17) is 39.9 Å².